The number of alkyl halides is 1. The van der Waals surface area contributed by atoms with Crippen molar-refractivity contribution in [1.82, 2.24) is 0 Å². The van der Waals surface area contributed by atoms with Crippen molar-refractivity contribution in [1.29, 1.82) is 0 Å². The molecule has 0 heterocycles. The van der Waals surface area contributed by atoms with Gasteiger partial charge in [-0.25, -0.2) is 4.79 Å². The third-order valence-corrected chi connectivity index (χ3v) is 5.57. The molecule has 0 atom stereocenters. The number of esters is 1. The predicted molar refractivity (Wildman–Crippen MR) is 112 cm³/mol. The summed E-state index contributed by atoms with van der Waals surface area (Å²) in [7, 11) is 0. The monoisotopic (exact) mass is 448 g/mol. The minimum Gasteiger partial charge on any atom is -0.436 e. The zero-order chi connectivity index (χ0) is 18.1. The summed E-state index contributed by atoms with van der Waals surface area (Å²) in [5, 5.41) is 0. The molecule has 25 heavy (non-hydrogen) atoms. The Labute approximate surface area is 164 Å². The van der Waals surface area contributed by atoms with Crippen molar-refractivity contribution in [3.63, 3.8) is 0 Å². The Morgan fingerprint density at radius 2 is 1.52 bits per heavy atom. The molecular weight excluding hydrogens is 423 g/mol. The first kappa shape index (κ1) is 19.7. The third-order valence-electron chi connectivity index (χ3n) is 4.10. The van der Waals surface area contributed by atoms with Crippen molar-refractivity contribution >= 4 is 28.6 Å². The van der Waals surface area contributed by atoms with Crippen LogP contribution in [0.25, 0.3) is 0 Å². The summed E-state index contributed by atoms with van der Waals surface area (Å²) in [5.74, 6) is -0.265. The maximum absolute atomic E-state index is 12.7. The molecule has 0 aromatic heterocycles. The summed E-state index contributed by atoms with van der Waals surface area (Å²) in [4.78, 5) is 12.7. The number of benzene rings is 2. The summed E-state index contributed by atoms with van der Waals surface area (Å²) >= 11 is 2.24. The van der Waals surface area contributed by atoms with Gasteiger partial charge in [-0.2, -0.15) is 0 Å². The molecule has 132 valence electrons. The smallest absolute Gasteiger partial charge is 0.335 e. The molecule has 0 N–H and O–H groups in total. The average Bonchev–Trinajstić information content (AvgIpc) is 2.66. The van der Waals surface area contributed by atoms with E-state index in [0.29, 0.717) is 5.57 Å². The van der Waals surface area contributed by atoms with E-state index in [1.807, 2.05) is 73.7 Å². The summed E-state index contributed by atoms with van der Waals surface area (Å²) in [6, 6.07) is 19.8. The van der Waals surface area contributed by atoms with Crippen LogP contribution in [0.3, 0.4) is 0 Å². The Morgan fingerprint density at radius 3 is 2.00 bits per heavy atom. The van der Waals surface area contributed by atoms with Crippen molar-refractivity contribution in [3.8, 4) is 0 Å². The molecule has 0 aliphatic heterocycles. The maximum Gasteiger partial charge on any atom is 0.335 e. The summed E-state index contributed by atoms with van der Waals surface area (Å²) in [6.07, 6.45) is 6.37. The molecule has 0 aliphatic carbocycles. The number of hydrogen-bond donors (Lipinski definition) is 0. The van der Waals surface area contributed by atoms with Crippen LogP contribution in [0.15, 0.2) is 72.3 Å². The molecule has 2 nitrogen and oxygen atoms in total. The lowest BCUT2D eigenvalue weighted by Gasteiger charge is -2.29. The first-order valence-electron chi connectivity index (χ1n) is 8.78. The van der Waals surface area contributed by atoms with Gasteiger partial charge < -0.3 is 4.74 Å². The second-order valence-corrected chi connectivity index (χ2v) is 7.62. The van der Waals surface area contributed by atoms with E-state index in [4.69, 9.17) is 4.74 Å². The van der Waals surface area contributed by atoms with E-state index in [-0.39, 0.29) is 5.97 Å². The minimum atomic E-state index is -0.837. The lowest BCUT2D eigenvalue weighted by Crippen LogP contribution is -2.27. The van der Waals surface area contributed by atoms with Crippen LogP contribution >= 0.6 is 22.6 Å². The quantitative estimate of drug-likeness (QED) is 0.154. The maximum atomic E-state index is 12.7. The number of carbonyl (C=O) groups excluding carboxylic acids is 1. The molecule has 2 rings (SSSR count). The molecule has 2 aromatic rings. The van der Waals surface area contributed by atoms with Crippen molar-refractivity contribution in [2.24, 2.45) is 0 Å². The van der Waals surface area contributed by atoms with E-state index in [9.17, 15) is 4.79 Å². The van der Waals surface area contributed by atoms with Crippen LogP contribution in [-0.4, -0.2) is 5.97 Å². The number of hydrogen-bond acceptors (Lipinski definition) is 2. The van der Waals surface area contributed by atoms with Crippen molar-refractivity contribution in [3.05, 3.63) is 83.4 Å². The van der Waals surface area contributed by atoms with Crippen molar-refractivity contribution in [2.75, 3.05) is 0 Å². The van der Waals surface area contributed by atoms with Crippen LogP contribution in [-0.2, 0) is 13.1 Å². The van der Waals surface area contributed by atoms with Crippen LogP contribution < -0.4 is 0 Å². The van der Waals surface area contributed by atoms with Gasteiger partial charge in [0.25, 0.3) is 0 Å². The molecule has 0 saturated carbocycles. The third kappa shape index (κ3) is 5.43. The lowest BCUT2D eigenvalue weighted by atomic mass is 10.0. The zero-order valence-corrected chi connectivity index (χ0v) is 17.0. The average molecular weight is 448 g/mol. The summed E-state index contributed by atoms with van der Waals surface area (Å²) in [6.45, 7) is 4.01. The van der Waals surface area contributed by atoms with E-state index >= 15 is 0 Å². The Balaban J connectivity index is 2.24. The largest absolute Gasteiger partial charge is 0.436 e. The molecule has 0 saturated heterocycles. The second kappa shape index (κ2) is 9.76. The molecule has 0 amide bonds. The minimum absolute atomic E-state index is 0.265. The Kier molecular flexibility index (Phi) is 7.69. The highest BCUT2D eigenvalue weighted by molar-refractivity contribution is 14.1. The van der Waals surface area contributed by atoms with Crippen LogP contribution in [0.1, 0.15) is 50.7 Å². The molecule has 0 bridgehead atoms. The Bertz CT molecular complexity index is 653. The highest BCUT2D eigenvalue weighted by Crippen LogP contribution is 2.40. The van der Waals surface area contributed by atoms with E-state index < -0.39 is 3.61 Å². The van der Waals surface area contributed by atoms with Gasteiger partial charge in [0.05, 0.1) is 0 Å². The topological polar surface area (TPSA) is 26.3 Å². The number of ether oxygens (including phenoxy) is 1. The Hall–Kier alpha value is -1.62. The molecule has 0 spiro atoms. The van der Waals surface area contributed by atoms with Gasteiger partial charge in [0.1, 0.15) is 0 Å². The van der Waals surface area contributed by atoms with Gasteiger partial charge >= 0.3 is 5.97 Å². The van der Waals surface area contributed by atoms with E-state index in [1.54, 1.807) is 0 Å². The van der Waals surface area contributed by atoms with E-state index in [1.165, 1.54) is 12.8 Å². The second-order valence-electron chi connectivity index (χ2n) is 6.10. The first-order chi connectivity index (χ1) is 12.1. The fourth-order valence-corrected chi connectivity index (χ4v) is 3.51. The molecule has 2 aromatic carbocycles. The number of allylic oxidation sites excluding steroid dienone is 1. The molecule has 0 unspecified atom stereocenters. The van der Waals surface area contributed by atoms with E-state index in [0.717, 1.165) is 24.0 Å². The summed E-state index contributed by atoms with van der Waals surface area (Å²) in [5.41, 5.74) is 2.58. The van der Waals surface area contributed by atoms with E-state index in [2.05, 4.69) is 29.5 Å². The van der Waals surface area contributed by atoms with Gasteiger partial charge in [0.15, 0.2) is 0 Å². The molecule has 0 aliphatic rings. The highest BCUT2D eigenvalue weighted by atomic mass is 127. The molecule has 0 fully saturated rings. The molecule has 3 heteroatoms. The van der Waals surface area contributed by atoms with Gasteiger partial charge in [-0.15, -0.1) is 0 Å². The fourth-order valence-electron chi connectivity index (χ4n) is 2.59. The number of unbranched alkanes of at least 4 members (excludes halogenated alkanes) is 3. The van der Waals surface area contributed by atoms with Crippen molar-refractivity contribution in [2.45, 2.75) is 43.1 Å². The number of halogens is 1. The zero-order valence-electron chi connectivity index (χ0n) is 14.9. The number of carbonyl (C=O) groups is 1. The summed E-state index contributed by atoms with van der Waals surface area (Å²) < 4.78 is 5.17. The SMILES string of the molecule is CCCCCC=C(C)C(=O)OC(I)(c1ccccc1)c1ccccc1. The van der Waals surface area contributed by atoms with Crippen LogP contribution in [0, 0.1) is 0 Å². The lowest BCUT2D eigenvalue weighted by molar-refractivity contribution is -0.143. The van der Waals surface area contributed by atoms with Crippen LogP contribution in [0.2, 0.25) is 0 Å². The van der Waals surface area contributed by atoms with Gasteiger partial charge in [0.2, 0.25) is 3.61 Å². The first-order valence-corrected chi connectivity index (χ1v) is 9.86. The Morgan fingerprint density at radius 1 is 1.00 bits per heavy atom. The standard InChI is InChI=1S/C22H25IO2/c1-3-4-5-8-13-18(2)21(24)25-22(23,19-14-9-6-10-15-19)20-16-11-7-12-17-20/h6-7,9-17H,3-5,8H2,1-2H3. The van der Waals surface area contributed by atoms with Crippen LogP contribution in [0.4, 0.5) is 0 Å². The predicted octanol–water partition coefficient (Wildman–Crippen LogP) is 6.39. The van der Waals surface area contributed by atoms with Gasteiger partial charge in [-0.1, -0.05) is 86.5 Å². The number of rotatable bonds is 8. The normalized spacial score (nSPS) is 12.0. The van der Waals surface area contributed by atoms with Crippen molar-refractivity contribution < 1.29 is 9.53 Å². The van der Waals surface area contributed by atoms with Gasteiger partial charge in [0, 0.05) is 16.7 Å². The molecular formula is C22H25IO2. The highest BCUT2D eigenvalue weighted by Gasteiger charge is 2.35. The van der Waals surface area contributed by atoms with Gasteiger partial charge in [-0.05, 0) is 42.4 Å². The van der Waals surface area contributed by atoms with Crippen LogP contribution in [0.5, 0.6) is 0 Å². The fraction of sp³-hybridized carbons (Fsp3) is 0.318. The molecule has 0 radical (unpaired) electrons. The van der Waals surface area contributed by atoms with Gasteiger partial charge in [-0.3, -0.25) is 0 Å².